The molecule has 1 aromatic heterocycles. The highest BCUT2D eigenvalue weighted by Crippen LogP contribution is 2.19. The van der Waals surface area contributed by atoms with E-state index >= 15 is 0 Å². The summed E-state index contributed by atoms with van der Waals surface area (Å²) in [4.78, 5) is 14.4. The lowest BCUT2D eigenvalue weighted by Gasteiger charge is -2.18. The molecule has 6 nitrogen and oxygen atoms in total. The molecule has 0 spiro atoms. The molecule has 1 saturated heterocycles. The fraction of sp³-hybridized carbons (Fsp3) is 0.533. The third kappa shape index (κ3) is 2.76. The highest BCUT2D eigenvalue weighted by molar-refractivity contribution is 5.97. The van der Waals surface area contributed by atoms with Crippen molar-refractivity contribution >= 4 is 16.9 Å². The van der Waals surface area contributed by atoms with Crippen molar-refractivity contribution < 1.29 is 9.53 Å². The Hall–Kier alpha value is -1.95. The van der Waals surface area contributed by atoms with Crippen molar-refractivity contribution in [2.45, 2.75) is 32.5 Å². The Morgan fingerprint density at radius 3 is 3.00 bits per heavy atom. The summed E-state index contributed by atoms with van der Waals surface area (Å²) < 4.78 is 7.48. The van der Waals surface area contributed by atoms with E-state index in [-0.39, 0.29) is 18.1 Å². The molecule has 0 N–H and O–H groups in total. The molecule has 3 rings (SSSR count). The molecule has 0 saturated carbocycles. The second-order valence-corrected chi connectivity index (χ2v) is 5.76. The summed E-state index contributed by atoms with van der Waals surface area (Å²) in [7, 11) is 1.84. The zero-order valence-corrected chi connectivity index (χ0v) is 12.6. The third-order valence-corrected chi connectivity index (χ3v) is 3.75. The fourth-order valence-corrected chi connectivity index (χ4v) is 2.76. The van der Waals surface area contributed by atoms with Gasteiger partial charge in [-0.05, 0) is 38.5 Å². The van der Waals surface area contributed by atoms with Gasteiger partial charge < -0.3 is 9.64 Å². The minimum Gasteiger partial charge on any atom is -0.374 e. The summed E-state index contributed by atoms with van der Waals surface area (Å²) >= 11 is 0. The van der Waals surface area contributed by atoms with Gasteiger partial charge in [-0.3, -0.25) is 4.79 Å². The van der Waals surface area contributed by atoms with Gasteiger partial charge in [-0.25, -0.2) is 4.68 Å². The van der Waals surface area contributed by atoms with Crippen LogP contribution in [0.5, 0.6) is 0 Å². The number of carbonyl (C=O) groups excluding carboxylic acids is 1. The third-order valence-electron chi connectivity index (χ3n) is 3.75. The average molecular weight is 288 g/mol. The maximum absolute atomic E-state index is 12.5. The minimum absolute atomic E-state index is 0.0393. The van der Waals surface area contributed by atoms with Crippen LogP contribution in [0.25, 0.3) is 11.0 Å². The number of fused-ring (bicyclic) bond motifs is 1. The molecule has 1 atom stereocenters. The number of nitrogens with zero attached hydrogens (tertiary/aromatic N) is 4. The first kappa shape index (κ1) is 14.0. The van der Waals surface area contributed by atoms with Crippen LogP contribution < -0.4 is 0 Å². The Labute approximate surface area is 123 Å². The van der Waals surface area contributed by atoms with E-state index in [0.717, 1.165) is 24.0 Å². The van der Waals surface area contributed by atoms with E-state index in [1.165, 1.54) is 0 Å². The summed E-state index contributed by atoms with van der Waals surface area (Å²) in [5.41, 5.74) is 2.33. The quantitative estimate of drug-likeness (QED) is 0.861. The zero-order chi connectivity index (χ0) is 15.0. The van der Waals surface area contributed by atoms with Crippen LogP contribution in [-0.4, -0.2) is 51.1 Å². The lowest BCUT2D eigenvalue weighted by Crippen LogP contribution is -2.30. The molecule has 0 bridgehead atoms. The van der Waals surface area contributed by atoms with Crippen LogP contribution in [0.1, 0.15) is 30.6 Å². The van der Waals surface area contributed by atoms with Crippen LogP contribution in [0, 0.1) is 0 Å². The largest absolute Gasteiger partial charge is 0.374 e. The van der Waals surface area contributed by atoms with E-state index in [1.54, 1.807) is 10.7 Å². The Balaban J connectivity index is 1.75. The van der Waals surface area contributed by atoms with Crippen molar-refractivity contribution in [3.05, 3.63) is 23.8 Å². The molecule has 0 unspecified atom stereocenters. The van der Waals surface area contributed by atoms with Crippen molar-refractivity contribution in [3.8, 4) is 0 Å². The lowest BCUT2D eigenvalue weighted by atomic mass is 10.2. The van der Waals surface area contributed by atoms with Gasteiger partial charge in [0.25, 0.3) is 5.91 Å². The van der Waals surface area contributed by atoms with Crippen LogP contribution in [-0.2, 0) is 11.8 Å². The highest BCUT2D eigenvalue weighted by Gasteiger charge is 2.28. The maximum Gasteiger partial charge on any atom is 0.254 e. The van der Waals surface area contributed by atoms with Crippen LogP contribution in [0.2, 0.25) is 0 Å². The molecule has 1 aliphatic rings. The number of hydrogen-bond donors (Lipinski definition) is 0. The number of amides is 1. The standard InChI is InChI=1S/C15H20N4O2/c1-10(2)21-12-6-7-19(9-12)15(20)11-4-5-14-13(8-11)16-17-18(14)3/h4-5,8,10,12H,6-7,9H2,1-3H3/t12-/m1/s1. The highest BCUT2D eigenvalue weighted by atomic mass is 16.5. The second-order valence-electron chi connectivity index (χ2n) is 5.76. The number of benzene rings is 1. The van der Waals surface area contributed by atoms with Gasteiger partial charge in [0, 0.05) is 25.7 Å². The Morgan fingerprint density at radius 1 is 1.43 bits per heavy atom. The van der Waals surface area contributed by atoms with E-state index in [1.807, 2.05) is 37.9 Å². The first-order valence-corrected chi connectivity index (χ1v) is 7.29. The van der Waals surface area contributed by atoms with Crippen LogP contribution in [0.15, 0.2) is 18.2 Å². The average Bonchev–Trinajstić information content (AvgIpc) is 3.05. The van der Waals surface area contributed by atoms with Gasteiger partial charge in [-0.2, -0.15) is 0 Å². The minimum atomic E-state index is 0.0393. The van der Waals surface area contributed by atoms with Crippen LogP contribution in [0.3, 0.4) is 0 Å². The van der Waals surface area contributed by atoms with Gasteiger partial charge in [-0.1, -0.05) is 5.21 Å². The summed E-state index contributed by atoms with van der Waals surface area (Å²) in [6, 6.07) is 5.53. The Kier molecular flexibility index (Phi) is 3.63. The molecular formula is C15H20N4O2. The molecule has 1 aliphatic heterocycles. The molecule has 1 amide bonds. The zero-order valence-electron chi connectivity index (χ0n) is 12.6. The van der Waals surface area contributed by atoms with Crippen molar-refractivity contribution in [2.75, 3.05) is 13.1 Å². The molecular weight excluding hydrogens is 268 g/mol. The molecule has 21 heavy (non-hydrogen) atoms. The molecule has 1 fully saturated rings. The van der Waals surface area contributed by atoms with Gasteiger partial charge in [0.1, 0.15) is 5.52 Å². The van der Waals surface area contributed by atoms with Gasteiger partial charge in [0.2, 0.25) is 0 Å². The summed E-state index contributed by atoms with van der Waals surface area (Å²) in [5.74, 6) is 0.0393. The van der Waals surface area contributed by atoms with E-state index in [0.29, 0.717) is 12.1 Å². The number of rotatable bonds is 3. The second kappa shape index (κ2) is 5.44. The van der Waals surface area contributed by atoms with Crippen molar-refractivity contribution in [3.63, 3.8) is 0 Å². The predicted molar refractivity (Wildman–Crippen MR) is 79.0 cm³/mol. The molecule has 2 heterocycles. The molecule has 6 heteroatoms. The number of aromatic nitrogens is 3. The van der Waals surface area contributed by atoms with Gasteiger partial charge in [-0.15, -0.1) is 5.10 Å². The maximum atomic E-state index is 12.5. The monoisotopic (exact) mass is 288 g/mol. The van der Waals surface area contributed by atoms with Crippen molar-refractivity contribution in [1.29, 1.82) is 0 Å². The predicted octanol–water partition coefficient (Wildman–Crippen LogP) is 1.61. The van der Waals surface area contributed by atoms with E-state index in [9.17, 15) is 4.79 Å². The smallest absolute Gasteiger partial charge is 0.254 e. The summed E-state index contributed by atoms with van der Waals surface area (Å²) in [6.45, 7) is 5.45. The topological polar surface area (TPSA) is 60.2 Å². The van der Waals surface area contributed by atoms with Gasteiger partial charge in [0.15, 0.2) is 0 Å². The molecule has 2 aromatic rings. The van der Waals surface area contributed by atoms with E-state index in [2.05, 4.69) is 10.3 Å². The van der Waals surface area contributed by atoms with Gasteiger partial charge in [0.05, 0.1) is 17.7 Å². The number of aryl methyl sites for hydroxylation is 1. The number of likely N-dealkylation sites (tertiary alicyclic amines) is 1. The first-order valence-electron chi connectivity index (χ1n) is 7.29. The molecule has 0 radical (unpaired) electrons. The Morgan fingerprint density at radius 2 is 2.24 bits per heavy atom. The molecule has 0 aliphatic carbocycles. The number of ether oxygens (including phenoxy) is 1. The van der Waals surface area contributed by atoms with E-state index < -0.39 is 0 Å². The van der Waals surface area contributed by atoms with E-state index in [4.69, 9.17) is 4.74 Å². The number of hydrogen-bond acceptors (Lipinski definition) is 4. The lowest BCUT2D eigenvalue weighted by molar-refractivity contribution is 0.0139. The van der Waals surface area contributed by atoms with Crippen molar-refractivity contribution in [2.24, 2.45) is 7.05 Å². The first-order chi connectivity index (χ1) is 10.0. The van der Waals surface area contributed by atoms with Crippen molar-refractivity contribution in [1.82, 2.24) is 19.9 Å². The SMILES string of the molecule is CC(C)O[C@@H]1CCN(C(=O)c2ccc3c(c2)nnn3C)C1. The molecule has 112 valence electrons. The summed E-state index contributed by atoms with van der Waals surface area (Å²) in [5, 5.41) is 8.02. The fourth-order valence-electron chi connectivity index (χ4n) is 2.76. The van der Waals surface area contributed by atoms with Gasteiger partial charge >= 0.3 is 0 Å². The normalized spacial score (nSPS) is 18.9. The Bertz CT molecular complexity index is 665. The van der Waals surface area contributed by atoms with Crippen LogP contribution >= 0.6 is 0 Å². The summed E-state index contributed by atoms with van der Waals surface area (Å²) in [6.07, 6.45) is 1.24. The molecule has 1 aromatic carbocycles. The van der Waals surface area contributed by atoms with Crippen LogP contribution in [0.4, 0.5) is 0 Å². The number of carbonyl (C=O) groups is 1.